The van der Waals surface area contributed by atoms with E-state index < -0.39 is 102 Å². The number of hydrogen-bond donors (Lipinski definition) is 5. The number of methoxy groups -OCH3 is 1. The van der Waals surface area contributed by atoms with Crippen LogP contribution in [-0.4, -0.2) is 147 Å². The maximum absolute atomic E-state index is 14.2. The van der Waals surface area contributed by atoms with Crippen LogP contribution in [0.25, 0.3) is 0 Å². The first-order valence-corrected chi connectivity index (χ1v) is 19.4. The largest absolute Gasteiger partial charge is 0.489 e. The summed E-state index contributed by atoms with van der Waals surface area (Å²) in [5.74, 6) is -2.70. The minimum atomic E-state index is -1.98. The Kier molecular flexibility index (Phi) is 14.2. The molecule has 3 saturated heterocycles. The van der Waals surface area contributed by atoms with E-state index in [-0.39, 0.29) is 31.0 Å². The number of rotatable bonds is 9. The zero-order valence-corrected chi connectivity index (χ0v) is 34.1. The van der Waals surface area contributed by atoms with Crippen molar-refractivity contribution in [2.45, 2.75) is 192 Å². The number of aliphatic hydroxyl groups excluding tert-OH is 4. The molecule has 0 saturated carbocycles. The van der Waals surface area contributed by atoms with Crippen LogP contribution in [0.1, 0.15) is 102 Å². The monoisotopic (exact) mass is 759 g/mol. The maximum atomic E-state index is 14.2. The molecular formula is C39H69NO13. The summed E-state index contributed by atoms with van der Waals surface area (Å²) in [6, 6.07) is -0.118. The van der Waals surface area contributed by atoms with Crippen LogP contribution in [0.5, 0.6) is 0 Å². The SMILES string of the molecule is CO[C@]1(C)C[C@H](O[C@H]2[C@H](C)[C@@H](O[C@@H]3O[C@H](C)C[C@H](N(C)C(C)C)[C@H]3O)[C@@]3(C)CC(C)=C(O3)[C@H](C)[C@@H](O)[C@](C)(O)[C@@H](CCO)OC(=O)[C@@H]2C)O[C@@H](C)[C@@H]1O. The fourth-order valence-corrected chi connectivity index (χ4v) is 8.97. The predicted octanol–water partition coefficient (Wildman–Crippen LogP) is 2.64. The Balaban J connectivity index is 1.85. The lowest BCUT2D eigenvalue weighted by Crippen LogP contribution is -2.61. The molecule has 0 spiro atoms. The van der Waals surface area contributed by atoms with Gasteiger partial charge < -0.3 is 58.7 Å². The second kappa shape index (κ2) is 17.0. The number of fused-ring (bicyclic) bond motifs is 2. The highest BCUT2D eigenvalue weighted by atomic mass is 16.7. The Morgan fingerprint density at radius 3 is 2.21 bits per heavy atom. The van der Waals surface area contributed by atoms with Crippen molar-refractivity contribution in [3.63, 3.8) is 0 Å². The quantitative estimate of drug-likeness (QED) is 0.216. The van der Waals surface area contributed by atoms with Crippen LogP contribution in [0, 0.1) is 17.8 Å². The summed E-state index contributed by atoms with van der Waals surface area (Å²) >= 11 is 0. The van der Waals surface area contributed by atoms with Gasteiger partial charge in [0.25, 0.3) is 0 Å². The van der Waals surface area contributed by atoms with Gasteiger partial charge in [-0.3, -0.25) is 9.69 Å². The lowest BCUT2D eigenvalue weighted by atomic mass is 9.78. The summed E-state index contributed by atoms with van der Waals surface area (Å²) in [7, 11) is 3.48. The van der Waals surface area contributed by atoms with Gasteiger partial charge in [0, 0.05) is 56.9 Å². The third-order valence-corrected chi connectivity index (χ3v) is 12.6. The molecule has 4 rings (SSSR count). The van der Waals surface area contributed by atoms with Crippen LogP contribution in [0.4, 0.5) is 0 Å². The van der Waals surface area contributed by atoms with Crippen LogP contribution < -0.4 is 0 Å². The van der Waals surface area contributed by atoms with Gasteiger partial charge in [0.05, 0.1) is 35.9 Å². The van der Waals surface area contributed by atoms with E-state index in [0.717, 1.165) is 5.57 Å². The Morgan fingerprint density at radius 1 is 0.981 bits per heavy atom. The van der Waals surface area contributed by atoms with E-state index in [9.17, 15) is 30.3 Å². The summed E-state index contributed by atoms with van der Waals surface area (Å²) in [4.78, 5) is 16.3. The number of nitrogens with zero attached hydrogens (tertiary/aromatic N) is 1. The molecule has 0 aromatic rings. The Bertz CT molecular complexity index is 1280. The molecule has 0 aromatic carbocycles. The predicted molar refractivity (Wildman–Crippen MR) is 194 cm³/mol. The van der Waals surface area contributed by atoms with Gasteiger partial charge in [-0.05, 0) is 81.4 Å². The molecule has 2 bridgehead atoms. The van der Waals surface area contributed by atoms with E-state index in [1.807, 2.05) is 34.7 Å². The molecule has 14 heteroatoms. The second-order valence-corrected chi connectivity index (χ2v) is 17.2. The Morgan fingerprint density at radius 2 is 1.62 bits per heavy atom. The molecule has 0 aromatic heterocycles. The molecular weight excluding hydrogens is 690 g/mol. The third kappa shape index (κ3) is 8.93. The Hall–Kier alpha value is -1.43. The number of carbonyl (C=O) groups is 1. The van der Waals surface area contributed by atoms with Crippen LogP contribution in [0.15, 0.2) is 11.3 Å². The molecule has 0 radical (unpaired) electrons. The summed E-state index contributed by atoms with van der Waals surface area (Å²) in [6.07, 6.45) is -8.53. The number of carbonyl (C=O) groups excluding carboxylic acids is 1. The minimum Gasteiger partial charge on any atom is -0.489 e. The fourth-order valence-electron chi connectivity index (χ4n) is 8.97. The van der Waals surface area contributed by atoms with Gasteiger partial charge in [-0.2, -0.15) is 0 Å². The van der Waals surface area contributed by atoms with Crippen molar-refractivity contribution >= 4 is 5.97 Å². The number of hydrogen-bond acceptors (Lipinski definition) is 14. The number of cyclic esters (lactones) is 1. The standard InChI is InChI=1S/C39H69NO13/c1-19(2)40(12)26-16-21(4)48-36(29(26)42)52-34-23(6)31(51-28-18-37(9,47-13)33(44)25(8)49-28)24(7)35(45)50-27(14-15-41)39(11,46)32(43)22(5)30-20(3)17-38(34,10)53-30/h19,21-29,31-34,36,41-44,46H,14-18H2,1-13H3/t21-,22+,23+,24-,25+,26+,27-,28+,29-,31+,32-,33+,34-,36+,37-,38-,39-/m1/s1. The fraction of sp³-hybridized carbons (Fsp3) is 0.923. The normalized spacial score (nSPS) is 47.5. The van der Waals surface area contributed by atoms with E-state index >= 15 is 0 Å². The summed E-state index contributed by atoms with van der Waals surface area (Å²) in [6.45, 7) is 19.6. The molecule has 0 unspecified atom stereocenters. The number of ether oxygens (including phenoxy) is 7. The van der Waals surface area contributed by atoms with Crippen LogP contribution in [0.2, 0.25) is 0 Å². The summed E-state index contributed by atoms with van der Waals surface area (Å²) < 4.78 is 44.8. The van der Waals surface area contributed by atoms with E-state index in [1.54, 1.807) is 27.7 Å². The van der Waals surface area contributed by atoms with Crippen molar-refractivity contribution in [3.05, 3.63) is 11.3 Å². The highest BCUT2D eigenvalue weighted by molar-refractivity contribution is 5.73. The van der Waals surface area contributed by atoms with Crippen molar-refractivity contribution in [2.24, 2.45) is 17.8 Å². The smallest absolute Gasteiger partial charge is 0.311 e. The minimum absolute atomic E-state index is 0.132. The topological polar surface area (TPSA) is 186 Å². The molecule has 5 N–H and O–H groups in total. The average Bonchev–Trinajstić information content (AvgIpc) is 3.41. The molecule has 0 aliphatic carbocycles. The number of likely N-dealkylation sites (N-methyl/N-ethyl adjacent to an activating group) is 1. The van der Waals surface area contributed by atoms with Crippen LogP contribution >= 0.6 is 0 Å². The van der Waals surface area contributed by atoms with Gasteiger partial charge in [-0.15, -0.1) is 0 Å². The highest BCUT2D eigenvalue weighted by Crippen LogP contribution is 2.47. The first-order chi connectivity index (χ1) is 24.5. The second-order valence-electron chi connectivity index (χ2n) is 17.2. The van der Waals surface area contributed by atoms with Gasteiger partial charge in [0.2, 0.25) is 0 Å². The summed E-state index contributed by atoms with van der Waals surface area (Å²) in [5, 5.41) is 56.2. The van der Waals surface area contributed by atoms with Crippen LogP contribution in [-0.2, 0) is 38.0 Å². The molecule has 14 nitrogen and oxygen atoms in total. The zero-order chi connectivity index (χ0) is 40.0. The summed E-state index contributed by atoms with van der Waals surface area (Å²) in [5.41, 5.74) is -3.29. The molecule has 3 fully saturated rings. The van der Waals surface area contributed by atoms with E-state index in [2.05, 4.69) is 18.7 Å². The lowest BCUT2D eigenvalue weighted by Gasteiger charge is -2.49. The average molecular weight is 760 g/mol. The van der Waals surface area contributed by atoms with Crippen LogP contribution in [0.3, 0.4) is 0 Å². The first-order valence-electron chi connectivity index (χ1n) is 19.4. The van der Waals surface area contributed by atoms with Crippen molar-refractivity contribution in [2.75, 3.05) is 20.8 Å². The molecule has 308 valence electrons. The molecule has 4 aliphatic rings. The van der Waals surface area contributed by atoms with Gasteiger partial charge >= 0.3 is 5.97 Å². The van der Waals surface area contributed by atoms with E-state index in [0.29, 0.717) is 18.6 Å². The maximum Gasteiger partial charge on any atom is 0.311 e. The Labute approximate surface area is 316 Å². The van der Waals surface area contributed by atoms with Crippen molar-refractivity contribution in [3.8, 4) is 0 Å². The lowest BCUT2D eigenvalue weighted by molar-refractivity contribution is -0.317. The van der Waals surface area contributed by atoms with E-state index in [1.165, 1.54) is 14.0 Å². The molecule has 53 heavy (non-hydrogen) atoms. The first kappa shape index (κ1) is 44.3. The van der Waals surface area contributed by atoms with E-state index in [4.69, 9.17) is 33.2 Å². The van der Waals surface area contributed by atoms with Gasteiger partial charge in [0.15, 0.2) is 12.6 Å². The zero-order valence-electron chi connectivity index (χ0n) is 34.1. The van der Waals surface area contributed by atoms with Crippen molar-refractivity contribution < 1.29 is 63.5 Å². The molecule has 4 aliphatic heterocycles. The molecule has 17 atom stereocenters. The van der Waals surface area contributed by atoms with Gasteiger partial charge in [0.1, 0.15) is 41.4 Å². The van der Waals surface area contributed by atoms with Gasteiger partial charge in [-0.25, -0.2) is 0 Å². The third-order valence-electron chi connectivity index (χ3n) is 12.6. The number of esters is 1. The van der Waals surface area contributed by atoms with Gasteiger partial charge in [-0.1, -0.05) is 13.8 Å². The number of aliphatic hydroxyl groups is 5. The van der Waals surface area contributed by atoms with Crippen molar-refractivity contribution in [1.29, 1.82) is 0 Å². The molecule has 0 amide bonds. The highest BCUT2D eigenvalue weighted by Gasteiger charge is 2.56. The molecule has 4 heterocycles. The van der Waals surface area contributed by atoms with Crippen molar-refractivity contribution in [1.82, 2.24) is 4.90 Å².